The molecule has 0 spiro atoms. The summed E-state index contributed by atoms with van der Waals surface area (Å²) < 4.78 is 22.6. The minimum atomic E-state index is -0.833. The van der Waals surface area contributed by atoms with Crippen LogP contribution in [0.25, 0.3) is 0 Å². The zero-order valence-corrected chi connectivity index (χ0v) is 44.7. The molecule has 1 aliphatic carbocycles. The van der Waals surface area contributed by atoms with E-state index in [-0.39, 0.29) is 101 Å². The van der Waals surface area contributed by atoms with Gasteiger partial charge < -0.3 is 59.0 Å². The number of carbonyl (C=O) groups excluding carboxylic acids is 4. The maximum Gasteiger partial charge on any atom is 0.508 e. The van der Waals surface area contributed by atoms with Crippen molar-refractivity contribution in [3.63, 3.8) is 0 Å². The smallest absolute Gasteiger partial charge is 0.508 e. The van der Waals surface area contributed by atoms with Crippen molar-refractivity contribution in [2.24, 2.45) is 9.98 Å². The molecule has 471 valence electrons. The van der Waals surface area contributed by atoms with Crippen LogP contribution in [-0.2, 0) is 72.7 Å². The molecule has 4 atom stereocenters. The molecule has 0 aromatic heterocycles. The number of ether oxygens (including phenoxy) is 5. The molecule has 19 nitrogen and oxygen atoms in total. The molecule has 2 aromatic carbocycles. The minimum absolute atomic E-state index is 0. The van der Waals surface area contributed by atoms with Gasteiger partial charge in [0.05, 0.1) is 32.9 Å². The summed E-state index contributed by atoms with van der Waals surface area (Å²) in [7, 11) is 1.30. The second-order valence-electron chi connectivity index (χ2n) is 17.9. The number of hydrogen-bond donors (Lipinski definition) is 5. The van der Waals surface area contributed by atoms with E-state index >= 15 is 0 Å². The molecular weight excluding hydrogens is 1080 g/mol. The van der Waals surface area contributed by atoms with Gasteiger partial charge in [0.2, 0.25) is 0 Å². The van der Waals surface area contributed by atoms with E-state index in [0.29, 0.717) is 24.2 Å². The quantitative estimate of drug-likeness (QED) is 0.0641. The van der Waals surface area contributed by atoms with E-state index in [4.69, 9.17) is 44.1 Å². The number of likely N-dealkylation sites (tertiary alicyclic amines) is 2. The molecule has 20 heteroatoms. The van der Waals surface area contributed by atoms with Gasteiger partial charge in [-0.1, -0.05) is 110 Å². The van der Waals surface area contributed by atoms with Crippen LogP contribution >= 0.6 is 0 Å². The molecule has 4 saturated heterocycles. The van der Waals surface area contributed by atoms with Gasteiger partial charge >= 0.3 is 18.5 Å². The van der Waals surface area contributed by atoms with Gasteiger partial charge in [0.1, 0.15) is 36.9 Å². The summed E-state index contributed by atoms with van der Waals surface area (Å²) >= 11 is 0. The van der Waals surface area contributed by atoms with Gasteiger partial charge in [0, 0.05) is 66.1 Å². The number of carboxylic acids is 2. The first-order chi connectivity index (χ1) is 33.7. The third-order valence-corrected chi connectivity index (χ3v) is 11.1. The maximum atomic E-state index is 11.1. The first-order valence-electron chi connectivity index (χ1n) is 24.4. The fourth-order valence-electron chi connectivity index (χ4n) is 7.50. The third-order valence-electron chi connectivity index (χ3n) is 11.1. The number of carboxylic acid groups (broad SMARTS) is 2. The number of aromatic hydroxyl groups is 2. The number of cyclic esters (lactones) is 2. The molecule has 0 bridgehead atoms. The number of aryl methyl sites for hydroxylation is 2. The van der Waals surface area contributed by atoms with Crippen LogP contribution in [0, 0.1) is 19.9 Å². The first-order valence-corrected chi connectivity index (χ1v) is 24.4. The Labute approximate surface area is 494 Å². The number of epoxide rings is 1. The Bertz CT molecular complexity index is 1890. The van der Waals surface area contributed by atoms with E-state index in [0.717, 1.165) is 118 Å². The van der Waals surface area contributed by atoms with Crippen LogP contribution in [-0.4, -0.2) is 139 Å². The summed E-state index contributed by atoms with van der Waals surface area (Å²) in [4.78, 5) is 68.5. The van der Waals surface area contributed by atoms with Crippen molar-refractivity contribution in [3.8, 4) is 11.5 Å². The summed E-state index contributed by atoms with van der Waals surface area (Å²) in [5.74, 6) is -0.941. The summed E-state index contributed by atoms with van der Waals surface area (Å²) in [6.07, 6.45) is 15.9. The largest absolute Gasteiger partial charge is 0.508 e. The van der Waals surface area contributed by atoms with Crippen LogP contribution < -0.4 is 4.90 Å². The molecule has 5 fully saturated rings. The van der Waals surface area contributed by atoms with Gasteiger partial charge in [0.25, 0.3) is 11.9 Å². The fraction of sp³-hybridized carbons (Fsp3) is 0.667. The Morgan fingerprint density at radius 2 is 1.25 bits per heavy atom. The van der Waals surface area contributed by atoms with Gasteiger partial charge in [-0.05, 0) is 116 Å². The Kier molecular flexibility index (Phi) is 63.4. The molecule has 4 heterocycles. The van der Waals surface area contributed by atoms with Gasteiger partial charge in [-0.2, -0.15) is 9.59 Å². The second kappa shape index (κ2) is 54.1. The average molecular weight is 1190 g/mol. The van der Waals surface area contributed by atoms with Crippen molar-refractivity contribution in [1.29, 1.82) is 0 Å². The number of carbonyl (C=O) groups is 4. The molecule has 4 aliphatic heterocycles. The number of hydrogen-bond acceptors (Lipinski definition) is 16. The zero-order chi connectivity index (χ0) is 53.3. The predicted molar refractivity (Wildman–Crippen MR) is 320 cm³/mol. The molecule has 1 saturated carbocycles. The molecule has 80 heavy (non-hydrogen) atoms. The van der Waals surface area contributed by atoms with Crippen LogP contribution in [0.5, 0.6) is 11.5 Å². The van der Waals surface area contributed by atoms with Crippen molar-refractivity contribution in [2.45, 2.75) is 223 Å². The second-order valence-corrected chi connectivity index (χ2v) is 17.9. The number of nitrogens with one attached hydrogen (secondary N) is 1. The number of quaternary nitrogens is 1. The third kappa shape index (κ3) is 44.3. The van der Waals surface area contributed by atoms with Gasteiger partial charge in [-0.15, -0.1) is 12.3 Å². The topological polar surface area (TPSA) is 265 Å². The number of phenols is 2. The maximum absolute atomic E-state index is 11.1. The number of phenolic OH excluding ortho intramolecular Hbond substituents is 2. The Hall–Kier alpha value is -5.50. The first kappa shape index (κ1) is 93.8. The normalized spacial score (nSPS) is 17.4. The molecule has 1 radical (unpaired) electrons. The van der Waals surface area contributed by atoms with E-state index in [1.54, 1.807) is 11.8 Å². The predicted octanol–water partition coefficient (Wildman–Crippen LogP) is 12.5. The van der Waals surface area contributed by atoms with E-state index < -0.39 is 24.2 Å². The number of benzene rings is 2. The van der Waals surface area contributed by atoms with E-state index in [2.05, 4.69) is 56.8 Å². The number of aliphatic imine (C=N–C) groups is 2. The van der Waals surface area contributed by atoms with Crippen molar-refractivity contribution in [3.05, 3.63) is 63.7 Å². The van der Waals surface area contributed by atoms with Crippen molar-refractivity contribution in [1.82, 2.24) is 4.90 Å². The fourth-order valence-corrected chi connectivity index (χ4v) is 7.50. The van der Waals surface area contributed by atoms with Crippen molar-refractivity contribution >= 4 is 42.8 Å². The van der Waals surface area contributed by atoms with Gasteiger partial charge in [-0.25, -0.2) is 9.59 Å². The zero-order valence-electron chi connectivity index (χ0n) is 43.7. The van der Waals surface area contributed by atoms with Crippen LogP contribution in [0.3, 0.4) is 0 Å². The van der Waals surface area contributed by atoms with Crippen LogP contribution in [0.15, 0.2) is 34.3 Å². The minimum Gasteiger partial charge on any atom is -0.508 e. The number of rotatable bonds is 10. The number of methoxy groups -OCH3 is 1. The van der Waals surface area contributed by atoms with Crippen LogP contribution in [0.1, 0.15) is 205 Å². The Balaban J connectivity index is -0.000000149. The number of aliphatic carboxylic acids is 2. The number of piperidine rings is 2. The SMILES string of the molecule is C.C.C.C.C.C.C.C.CC(=O)O.CC(=O)O.CC1CO1.CC1COC(=O)O1.CCC(C)OC(=O)OC.Cc1cc(C=N[C@@H]2CCCC[C-]2N=Cc2cc(C)cc(C[NH+]3CCCCC3)c2O)c(O)c(CN2CCCCC2)c1.O=C=O.[Co]. The summed E-state index contributed by atoms with van der Waals surface area (Å²) in [5.41, 5.74) is 5.91. The Morgan fingerprint density at radius 1 is 0.787 bits per heavy atom. The van der Waals surface area contributed by atoms with Gasteiger partial charge in [-0.3, -0.25) is 14.5 Å². The summed E-state index contributed by atoms with van der Waals surface area (Å²) in [6, 6.07) is 9.36. The van der Waals surface area contributed by atoms with Crippen molar-refractivity contribution < 1.29 is 94.6 Å². The molecule has 5 N–H and O–H groups in total. The van der Waals surface area contributed by atoms with E-state index in [9.17, 15) is 19.8 Å². The monoisotopic (exact) mass is 1190 g/mol. The molecule has 3 unspecified atom stereocenters. The summed E-state index contributed by atoms with van der Waals surface area (Å²) in [6.45, 7) is 21.6. The Morgan fingerprint density at radius 3 is 1.68 bits per heavy atom. The number of nitrogens with zero attached hydrogens (tertiary/aromatic N) is 3. The molecule has 0 amide bonds. The van der Waals surface area contributed by atoms with E-state index in [1.807, 2.05) is 38.4 Å². The van der Waals surface area contributed by atoms with Gasteiger partial charge in [0.15, 0.2) is 0 Å². The molecule has 5 aliphatic rings. The molecule has 7 rings (SSSR count). The molecule has 2 aromatic rings. The van der Waals surface area contributed by atoms with Crippen LogP contribution in [0.2, 0.25) is 0 Å². The molecular formula is C60H112CoN4O15. The summed E-state index contributed by atoms with van der Waals surface area (Å²) in [5, 5.41) is 37.1. The average Bonchev–Trinajstić information content (AvgIpc) is 4.02. The van der Waals surface area contributed by atoms with Crippen molar-refractivity contribution in [2.75, 3.05) is 46.5 Å². The van der Waals surface area contributed by atoms with E-state index in [1.165, 1.54) is 58.7 Å². The standard InChI is InChI=1S/C34H47N4O2.C6H12O3.C4H6O3.C3H6O.2C2H4O2.CO2.8CH4.Co/c1-25-17-27(33(39)29(19-25)23-37-13-7-3-8-14-37)21-35-31-11-5-6-12-32(31)36-22-28-18-26(2)20-30(34(28)40)24-38-15-9-4-10-16-38;1-4-5(2)9-6(7)8-3;1-3-2-6-4(5)7-3;1-3-2-4-3;2*1-2(3)4;2-1-3;;;;;;;;;/h17-22,31,39-40H,3-16,23-24H2,1-2H3;5H,4H2,1-3H3;3H,2H2,1H3;3H,2H2,1H3;2*1H3,(H,3,4);;8*1H4;/q-1;;;;;;;;;;;;;;;/p+1/t31-;;;;;;;;;;;;;;;/m1.............../s1. The van der Waals surface area contributed by atoms with Crippen LogP contribution in [0.4, 0.5) is 9.59 Å².